The summed E-state index contributed by atoms with van der Waals surface area (Å²) in [5.41, 5.74) is 5.68. The molecule has 0 aliphatic carbocycles. The van der Waals surface area contributed by atoms with Gasteiger partial charge < -0.3 is 15.4 Å². The highest BCUT2D eigenvalue weighted by Crippen LogP contribution is 2.20. The third-order valence-corrected chi connectivity index (χ3v) is 2.92. The lowest BCUT2D eigenvalue weighted by molar-refractivity contribution is 0.0458. The van der Waals surface area contributed by atoms with Crippen molar-refractivity contribution in [1.82, 2.24) is 4.98 Å². The lowest BCUT2D eigenvalue weighted by Crippen LogP contribution is -2.37. The number of piperidine rings is 1. The van der Waals surface area contributed by atoms with Gasteiger partial charge in [0.05, 0.1) is 6.10 Å². The van der Waals surface area contributed by atoms with E-state index in [2.05, 4.69) is 9.88 Å². The van der Waals surface area contributed by atoms with Crippen LogP contribution in [0.1, 0.15) is 19.8 Å². The molecule has 2 heterocycles. The van der Waals surface area contributed by atoms with Gasteiger partial charge in [0.2, 0.25) is 0 Å². The Morgan fingerprint density at radius 1 is 1.44 bits per heavy atom. The molecule has 2 rings (SSSR count). The van der Waals surface area contributed by atoms with Crippen molar-refractivity contribution in [3.63, 3.8) is 0 Å². The summed E-state index contributed by atoms with van der Waals surface area (Å²) >= 11 is 0. The fourth-order valence-corrected chi connectivity index (χ4v) is 2.10. The third-order valence-electron chi connectivity index (χ3n) is 2.92. The highest BCUT2D eigenvalue weighted by molar-refractivity contribution is 5.45. The van der Waals surface area contributed by atoms with Crippen LogP contribution < -0.4 is 10.6 Å². The quantitative estimate of drug-likeness (QED) is 0.843. The average molecular weight is 221 g/mol. The highest BCUT2D eigenvalue weighted by atomic mass is 16.5. The molecular weight excluding hydrogens is 202 g/mol. The molecule has 1 aliphatic heterocycles. The van der Waals surface area contributed by atoms with Gasteiger partial charge in [-0.15, -0.1) is 0 Å². The van der Waals surface area contributed by atoms with E-state index in [1.165, 1.54) is 0 Å². The van der Waals surface area contributed by atoms with Crippen molar-refractivity contribution >= 4 is 11.6 Å². The SMILES string of the molecule is CCOC1CCN(c2cccc(N)n2)CC1. The molecule has 0 amide bonds. The molecule has 2 N–H and O–H groups in total. The van der Waals surface area contributed by atoms with Crippen LogP contribution in [0.5, 0.6) is 0 Å². The van der Waals surface area contributed by atoms with Crippen molar-refractivity contribution in [2.75, 3.05) is 30.3 Å². The Bertz CT molecular complexity index is 335. The van der Waals surface area contributed by atoms with Crippen LogP contribution in [-0.2, 0) is 4.74 Å². The smallest absolute Gasteiger partial charge is 0.130 e. The fourth-order valence-electron chi connectivity index (χ4n) is 2.10. The van der Waals surface area contributed by atoms with Crippen LogP contribution in [0, 0.1) is 0 Å². The van der Waals surface area contributed by atoms with E-state index in [-0.39, 0.29) is 0 Å². The Balaban J connectivity index is 1.94. The van der Waals surface area contributed by atoms with Crippen LogP contribution in [0.4, 0.5) is 11.6 Å². The van der Waals surface area contributed by atoms with Crippen molar-refractivity contribution < 1.29 is 4.74 Å². The zero-order valence-electron chi connectivity index (χ0n) is 9.72. The molecule has 0 spiro atoms. The van der Waals surface area contributed by atoms with Crippen LogP contribution in [0.25, 0.3) is 0 Å². The standard InChI is InChI=1S/C12H19N3O/c1-2-16-10-6-8-15(9-7-10)12-5-3-4-11(13)14-12/h3-5,10H,2,6-9H2,1H3,(H2,13,14). The predicted octanol–water partition coefficient (Wildman–Crippen LogP) is 1.67. The zero-order valence-corrected chi connectivity index (χ0v) is 9.72. The lowest BCUT2D eigenvalue weighted by atomic mass is 10.1. The van der Waals surface area contributed by atoms with Crippen LogP contribution in [-0.4, -0.2) is 30.8 Å². The van der Waals surface area contributed by atoms with E-state index in [4.69, 9.17) is 10.5 Å². The molecule has 88 valence electrons. The monoisotopic (exact) mass is 221 g/mol. The summed E-state index contributed by atoms with van der Waals surface area (Å²) in [6.45, 7) is 4.86. The summed E-state index contributed by atoms with van der Waals surface area (Å²) in [6, 6.07) is 5.78. The van der Waals surface area contributed by atoms with Crippen molar-refractivity contribution in [2.24, 2.45) is 0 Å². The van der Waals surface area contributed by atoms with Gasteiger partial charge >= 0.3 is 0 Å². The normalized spacial score (nSPS) is 17.7. The van der Waals surface area contributed by atoms with Crippen LogP contribution >= 0.6 is 0 Å². The molecule has 16 heavy (non-hydrogen) atoms. The van der Waals surface area contributed by atoms with E-state index in [1.807, 2.05) is 25.1 Å². The molecule has 0 saturated carbocycles. The van der Waals surface area contributed by atoms with E-state index >= 15 is 0 Å². The van der Waals surface area contributed by atoms with Gasteiger partial charge in [0.25, 0.3) is 0 Å². The van der Waals surface area contributed by atoms with Crippen molar-refractivity contribution in [3.8, 4) is 0 Å². The van der Waals surface area contributed by atoms with E-state index in [0.29, 0.717) is 11.9 Å². The van der Waals surface area contributed by atoms with E-state index < -0.39 is 0 Å². The highest BCUT2D eigenvalue weighted by Gasteiger charge is 2.19. The van der Waals surface area contributed by atoms with Gasteiger partial charge in [-0.3, -0.25) is 0 Å². The number of aromatic nitrogens is 1. The lowest BCUT2D eigenvalue weighted by Gasteiger charge is -2.32. The molecule has 1 aliphatic rings. The van der Waals surface area contributed by atoms with E-state index in [1.54, 1.807) is 0 Å². The molecule has 0 radical (unpaired) electrons. The van der Waals surface area contributed by atoms with Crippen molar-refractivity contribution in [3.05, 3.63) is 18.2 Å². The molecule has 4 heteroatoms. The van der Waals surface area contributed by atoms with Crippen molar-refractivity contribution in [1.29, 1.82) is 0 Å². The second kappa shape index (κ2) is 5.16. The maximum atomic E-state index is 5.68. The number of rotatable bonds is 3. The minimum Gasteiger partial charge on any atom is -0.384 e. The van der Waals surface area contributed by atoms with E-state index in [9.17, 15) is 0 Å². The molecule has 0 atom stereocenters. The third kappa shape index (κ3) is 2.64. The summed E-state index contributed by atoms with van der Waals surface area (Å²) in [7, 11) is 0. The van der Waals surface area contributed by atoms with Gasteiger partial charge in [-0.25, -0.2) is 4.98 Å². The molecule has 0 bridgehead atoms. The summed E-state index contributed by atoms with van der Waals surface area (Å²) in [5, 5.41) is 0. The van der Waals surface area contributed by atoms with Gasteiger partial charge in [-0.05, 0) is 31.9 Å². The molecule has 0 aromatic carbocycles. The number of hydrogen-bond acceptors (Lipinski definition) is 4. The second-order valence-corrected chi connectivity index (χ2v) is 4.06. The molecule has 0 unspecified atom stereocenters. The predicted molar refractivity (Wildman–Crippen MR) is 65.5 cm³/mol. The number of ether oxygens (including phenoxy) is 1. The number of nitrogens with two attached hydrogens (primary N) is 1. The van der Waals surface area contributed by atoms with Gasteiger partial charge in [0, 0.05) is 19.7 Å². The summed E-state index contributed by atoms with van der Waals surface area (Å²) in [5.74, 6) is 1.57. The molecule has 1 saturated heterocycles. The molecular formula is C12H19N3O. The maximum absolute atomic E-state index is 5.68. The van der Waals surface area contributed by atoms with Gasteiger partial charge in [-0.1, -0.05) is 6.07 Å². The Morgan fingerprint density at radius 2 is 2.19 bits per heavy atom. The maximum Gasteiger partial charge on any atom is 0.130 e. The van der Waals surface area contributed by atoms with Crippen LogP contribution in [0.2, 0.25) is 0 Å². The van der Waals surface area contributed by atoms with Crippen molar-refractivity contribution in [2.45, 2.75) is 25.9 Å². The molecule has 1 aromatic heterocycles. The molecule has 1 fully saturated rings. The zero-order chi connectivity index (χ0) is 11.4. The minimum atomic E-state index is 0.419. The van der Waals surface area contributed by atoms with Gasteiger partial charge in [0.1, 0.15) is 11.6 Å². The Labute approximate surface area is 96.4 Å². The summed E-state index contributed by atoms with van der Waals surface area (Å²) < 4.78 is 5.62. The first-order valence-electron chi connectivity index (χ1n) is 5.88. The number of anilines is 2. The summed E-state index contributed by atoms with van der Waals surface area (Å²) in [6.07, 6.45) is 2.57. The number of pyridine rings is 1. The van der Waals surface area contributed by atoms with Gasteiger partial charge in [0.15, 0.2) is 0 Å². The Hall–Kier alpha value is -1.29. The molecule has 1 aromatic rings. The fraction of sp³-hybridized carbons (Fsp3) is 0.583. The molecule has 4 nitrogen and oxygen atoms in total. The first kappa shape index (κ1) is 11.2. The topological polar surface area (TPSA) is 51.4 Å². The average Bonchev–Trinajstić information content (AvgIpc) is 2.30. The van der Waals surface area contributed by atoms with Crippen LogP contribution in [0.3, 0.4) is 0 Å². The number of nitrogens with zero attached hydrogens (tertiary/aromatic N) is 2. The van der Waals surface area contributed by atoms with Gasteiger partial charge in [-0.2, -0.15) is 0 Å². The Kier molecular flexibility index (Phi) is 3.62. The number of nitrogen functional groups attached to an aromatic ring is 1. The minimum absolute atomic E-state index is 0.419. The Morgan fingerprint density at radius 3 is 2.81 bits per heavy atom. The second-order valence-electron chi connectivity index (χ2n) is 4.06. The first-order chi connectivity index (χ1) is 7.79. The summed E-state index contributed by atoms with van der Waals surface area (Å²) in [4.78, 5) is 6.60. The first-order valence-corrected chi connectivity index (χ1v) is 5.88. The largest absolute Gasteiger partial charge is 0.384 e. The van der Waals surface area contributed by atoms with Crippen LogP contribution in [0.15, 0.2) is 18.2 Å². The number of hydrogen-bond donors (Lipinski definition) is 1. The van der Waals surface area contributed by atoms with E-state index in [0.717, 1.165) is 38.4 Å².